The Kier molecular flexibility index (Phi) is 4.10. The van der Waals surface area contributed by atoms with Crippen LogP contribution in [-0.2, 0) is 0 Å². The summed E-state index contributed by atoms with van der Waals surface area (Å²) >= 11 is 0. The van der Waals surface area contributed by atoms with Gasteiger partial charge in [0, 0.05) is 19.6 Å². The van der Waals surface area contributed by atoms with Crippen LogP contribution in [0.4, 0.5) is 0 Å². The number of carbonyl (C=O) groups excluding carboxylic acids is 1. The molecule has 0 bridgehead atoms. The monoisotopic (exact) mass is 262 g/mol. The van der Waals surface area contributed by atoms with Crippen molar-refractivity contribution in [1.82, 2.24) is 9.80 Å². The predicted octanol–water partition coefficient (Wildman–Crippen LogP) is 1.87. The van der Waals surface area contributed by atoms with Gasteiger partial charge in [0.25, 0.3) is 5.91 Å². The maximum absolute atomic E-state index is 12.4. The molecule has 1 aliphatic rings. The second-order valence-corrected chi connectivity index (χ2v) is 5.43. The highest BCUT2D eigenvalue weighted by Crippen LogP contribution is 2.23. The number of para-hydroxylation sites is 1. The third-order valence-corrected chi connectivity index (χ3v) is 3.97. The molecule has 1 saturated heterocycles. The molecule has 1 heterocycles. The number of likely N-dealkylation sites (N-methyl/N-ethyl adjacent to an activating group) is 2. The van der Waals surface area contributed by atoms with E-state index in [1.54, 1.807) is 37.1 Å². The molecule has 2 rings (SSSR count). The first-order chi connectivity index (χ1) is 9.00. The number of rotatable bonds is 3. The lowest BCUT2D eigenvalue weighted by atomic mass is 10.1. The van der Waals surface area contributed by atoms with Gasteiger partial charge >= 0.3 is 0 Å². The molecule has 0 aliphatic carbocycles. The molecule has 19 heavy (non-hydrogen) atoms. The smallest absolute Gasteiger partial charge is 0.257 e. The molecule has 1 unspecified atom stereocenters. The fraction of sp³-hybridized carbons (Fsp3) is 0.533. The van der Waals surface area contributed by atoms with Crippen molar-refractivity contribution >= 4 is 5.91 Å². The molecule has 0 saturated carbocycles. The van der Waals surface area contributed by atoms with Gasteiger partial charge in [0.1, 0.15) is 5.75 Å². The van der Waals surface area contributed by atoms with E-state index < -0.39 is 0 Å². The van der Waals surface area contributed by atoms with Crippen LogP contribution >= 0.6 is 0 Å². The van der Waals surface area contributed by atoms with Gasteiger partial charge in [0.15, 0.2) is 0 Å². The van der Waals surface area contributed by atoms with Gasteiger partial charge in [0.05, 0.1) is 5.56 Å². The highest BCUT2D eigenvalue weighted by Gasteiger charge is 2.25. The summed E-state index contributed by atoms with van der Waals surface area (Å²) in [7, 11) is 3.90. The Balaban J connectivity index is 2.08. The molecule has 0 spiro atoms. The molecule has 0 radical (unpaired) electrons. The Hall–Kier alpha value is -1.55. The van der Waals surface area contributed by atoms with Gasteiger partial charge in [0.2, 0.25) is 0 Å². The number of hydrogen-bond acceptors (Lipinski definition) is 3. The summed E-state index contributed by atoms with van der Waals surface area (Å²) in [5.41, 5.74) is 1.13. The van der Waals surface area contributed by atoms with Crippen LogP contribution in [-0.4, -0.2) is 54.0 Å². The Labute approximate surface area is 114 Å². The average molecular weight is 262 g/mol. The van der Waals surface area contributed by atoms with E-state index in [2.05, 4.69) is 11.9 Å². The summed E-state index contributed by atoms with van der Waals surface area (Å²) in [5, 5.41) is 9.97. The number of amides is 1. The maximum atomic E-state index is 12.4. The van der Waals surface area contributed by atoms with Gasteiger partial charge in [-0.25, -0.2) is 0 Å². The van der Waals surface area contributed by atoms with Crippen molar-refractivity contribution in [2.24, 2.45) is 0 Å². The Morgan fingerprint density at radius 2 is 2.26 bits per heavy atom. The van der Waals surface area contributed by atoms with E-state index >= 15 is 0 Å². The van der Waals surface area contributed by atoms with Gasteiger partial charge in [-0.1, -0.05) is 12.1 Å². The number of aromatic hydroxyl groups is 1. The number of hydrogen-bond donors (Lipinski definition) is 1. The Bertz CT molecular complexity index is 473. The molecule has 1 aromatic rings. The van der Waals surface area contributed by atoms with E-state index in [1.807, 2.05) is 0 Å². The molecule has 1 aromatic carbocycles. The zero-order valence-corrected chi connectivity index (χ0v) is 11.9. The number of benzene rings is 1. The number of phenolic OH excluding ortho intramolecular Hbond substituents is 1. The summed E-state index contributed by atoms with van der Waals surface area (Å²) in [6.45, 7) is 3.61. The van der Waals surface area contributed by atoms with Gasteiger partial charge in [-0.15, -0.1) is 0 Å². The second kappa shape index (κ2) is 5.61. The number of nitrogens with zero attached hydrogens (tertiary/aromatic N) is 2. The van der Waals surface area contributed by atoms with Crippen LogP contribution in [0.2, 0.25) is 0 Å². The van der Waals surface area contributed by atoms with Crippen LogP contribution in [0.15, 0.2) is 18.2 Å². The van der Waals surface area contributed by atoms with Crippen LogP contribution in [0.25, 0.3) is 0 Å². The SMILES string of the molecule is Cc1cccc(C(=O)N(C)CC2CCCN2C)c1O. The lowest BCUT2D eigenvalue weighted by Crippen LogP contribution is -2.39. The standard InChI is InChI=1S/C15H22N2O2/c1-11-6-4-8-13(14(11)18)15(19)17(3)10-12-7-5-9-16(12)2/h4,6,8,12,18H,5,7,9-10H2,1-3H3. The first-order valence-electron chi connectivity index (χ1n) is 6.75. The van der Waals surface area contributed by atoms with E-state index in [-0.39, 0.29) is 11.7 Å². The van der Waals surface area contributed by atoms with Crippen LogP contribution in [0, 0.1) is 6.92 Å². The Morgan fingerprint density at radius 1 is 1.53 bits per heavy atom. The topological polar surface area (TPSA) is 43.8 Å². The maximum Gasteiger partial charge on any atom is 0.257 e. The van der Waals surface area contributed by atoms with E-state index in [0.717, 1.165) is 18.5 Å². The first-order valence-corrected chi connectivity index (χ1v) is 6.75. The van der Waals surface area contributed by atoms with E-state index in [4.69, 9.17) is 0 Å². The van der Waals surface area contributed by atoms with Crippen molar-refractivity contribution in [3.8, 4) is 5.75 Å². The minimum atomic E-state index is -0.110. The lowest BCUT2D eigenvalue weighted by Gasteiger charge is -2.26. The first kappa shape index (κ1) is 13.9. The molecule has 1 amide bonds. The van der Waals surface area contributed by atoms with Gasteiger partial charge < -0.3 is 14.9 Å². The van der Waals surface area contributed by atoms with Crippen LogP contribution in [0.5, 0.6) is 5.75 Å². The van der Waals surface area contributed by atoms with Crippen molar-refractivity contribution in [2.45, 2.75) is 25.8 Å². The van der Waals surface area contributed by atoms with Crippen LogP contribution in [0.1, 0.15) is 28.8 Å². The van der Waals surface area contributed by atoms with Gasteiger partial charge in [-0.2, -0.15) is 0 Å². The Morgan fingerprint density at radius 3 is 2.89 bits per heavy atom. The fourth-order valence-electron chi connectivity index (χ4n) is 2.65. The van der Waals surface area contributed by atoms with Crippen molar-refractivity contribution in [2.75, 3.05) is 27.2 Å². The molecule has 104 valence electrons. The van der Waals surface area contributed by atoms with Crippen molar-refractivity contribution < 1.29 is 9.90 Å². The van der Waals surface area contributed by atoms with E-state index in [0.29, 0.717) is 18.2 Å². The minimum absolute atomic E-state index is 0.0964. The second-order valence-electron chi connectivity index (χ2n) is 5.43. The molecule has 1 fully saturated rings. The lowest BCUT2D eigenvalue weighted by molar-refractivity contribution is 0.0758. The summed E-state index contributed by atoms with van der Waals surface area (Å²) in [6, 6.07) is 5.72. The molecular formula is C15H22N2O2. The third kappa shape index (κ3) is 2.89. The summed E-state index contributed by atoms with van der Waals surface area (Å²) in [6.07, 6.45) is 2.33. The highest BCUT2D eigenvalue weighted by atomic mass is 16.3. The molecule has 4 nitrogen and oxygen atoms in total. The van der Waals surface area contributed by atoms with Crippen molar-refractivity contribution in [1.29, 1.82) is 0 Å². The third-order valence-electron chi connectivity index (χ3n) is 3.97. The normalized spacial score (nSPS) is 19.6. The van der Waals surface area contributed by atoms with Crippen molar-refractivity contribution in [3.05, 3.63) is 29.3 Å². The number of likely N-dealkylation sites (tertiary alicyclic amines) is 1. The summed E-state index contributed by atoms with van der Waals surface area (Å²) in [5.74, 6) is -0.0133. The van der Waals surface area contributed by atoms with Crippen molar-refractivity contribution in [3.63, 3.8) is 0 Å². The number of carbonyl (C=O) groups is 1. The molecule has 4 heteroatoms. The fourth-order valence-corrected chi connectivity index (χ4v) is 2.65. The zero-order chi connectivity index (χ0) is 14.0. The molecule has 1 N–H and O–H groups in total. The zero-order valence-electron chi connectivity index (χ0n) is 11.9. The van der Waals surface area contributed by atoms with Gasteiger partial charge in [-0.3, -0.25) is 4.79 Å². The largest absolute Gasteiger partial charge is 0.507 e. The van der Waals surface area contributed by atoms with E-state index in [9.17, 15) is 9.90 Å². The molecular weight excluding hydrogens is 240 g/mol. The minimum Gasteiger partial charge on any atom is -0.507 e. The van der Waals surface area contributed by atoms with Crippen LogP contribution < -0.4 is 0 Å². The van der Waals surface area contributed by atoms with Gasteiger partial charge in [-0.05, 0) is 45.0 Å². The number of phenols is 1. The van der Waals surface area contributed by atoms with Crippen LogP contribution in [0.3, 0.4) is 0 Å². The molecule has 1 aliphatic heterocycles. The quantitative estimate of drug-likeness (QED) is 0.904. The average Bonchev–Trinajstić information content (AvgIpc) is 2.77. The number of aryl methyl sites for hydroxylation is 1. The summed E-state index contributed by atoms with van der Waals surface area (Å²) in [4.78, 5) is 16.4. The predicted molar refractivity (Wildman–Crippen MR) is 75.5 cm³/mol. The highest BCUT2D eigenvalue weighted by molar-refractivity contribution is 5.97. The van der Waals surface area contributed by atoms with E-state index in [1.165, 1.54) is 6.42 Å². The summed E-state index contributed by atoms with van der Waals surface area (Å²) < 4.78 is 0. The molecule has 1 atom stereocenters. The molecule has 0 aromatic heterocycles.